The second-order valence-electron chi connectivity index (χ2n) is 3.74. The summed E-state index contributed by atoms with van der Waals surface area (Å²) < 4.78 is 14.3. The van der Waals surface area contributed by atoms with Crippen LogP contribution in [0.25, 0.3) is 0 Å². The van der Waals surface area contributed by atoms with Crippen molar-refractivity contribution in [3.63, 3.8) is 0 Å². The highest BCUT2D eigenvalue weighted by Crippen LogP contribution is 2.25. The maximum absolute atomic E-state index is 13.6. The molecule has 1 unspecified atom stereocenters. The van der Waals surface area contributed by atoms with Crippen LogP contribution in [0.2, 0.25) is 0 Å². The molecule has 0 fully saturated rings. The molecule has 0 saturated heterocycles. The Hall–Kier alpha value is -0.780. The summed E-state index contributed by atoms with van der Waals surface area (Å²) >= 11 is 4.63. The number of halogens is 2. The van der Waals surface area contributed by atoms with Crippen molar-refractivity contribution in [2.24, 2.45) is 0 Å². The summed E-state index contributed by atoms with van der Waals surface area (Å²) in [5.74, 6) is -0.306. The quantitative estimate of drug-likeness (QED) is 0.938. The Morgan fingerprint density at radius 1 is 1.53 bits per heavy atom. The molecule has 0 spiro atoms. The first kappa shape index (κ1) is 12.7. The van der Waals surface area contributed by atoms with Crippen molar-refractivity contribution in [1.29, 1.82) is 0 Å². The van der Waals surface area contributed by atoms with Gasteiger partial charge in [-0.2, -0.15) is 0 Å². The van der Waals surface area contributed by atoms with Crippen molar-refractivity contribution in [1.82, 2.24) is 4.98 Å². The van der Waals surface area contributed by atoms with Crippen molar-refractivity contribution in [3.05, 3.63) is 50.1 Å². The van der Waals surface area contributed by atoms with Gasteiger partial charge in [-0.15, -0.1) is 11.3 Å². The monoisotopic (exact) mass is 315 g/mol. The standard InChI is InChI=1S/C12H11BrFNOS/c1-7-15-6-12(17-7)11(16)4-8-2-3-9(13)5-10(8)14/h2-3,5-6,11,16H,4H2,1H3. The molecular weight excluding hydrogens is 305 g/mol. The molecule has 5 heteroatoms. The van der Waals surface area contributed by atoms with Crippen molar-refractivity contribution in [2.75, 3.05) is 0 Å². The summed E-state index contributed by atoms with van der Waals surface area (Å²) in [6, 6.07) is 4.85. The average Bonchev–Trinajstić information content (AvgIpc) is 2.69. The van der Waals surface area contributed by atoms with Crippen molar-refractivity contribution in [2.45, 2.75) is 19.4 Å². The van der Waals surface area contributed by atoms with E-state index in [0.29, 0.717) is 10.0 Å². The molecule has 1 aromatic heterocycles. The molecule has 17 heavy (non-hydrogen) atoms. The number of hydrogen-bond donors (Lipinski definition) is 1. The first-order valence-electron chi connectivity index (χ1n) is 5.10. The van der Waals surface area contributed by atoms with Gasteiger partial charge in [0, 0.05) is 17.1 Å². The molecule has 0 radical (unpaired) electrons. The Morgan fingerprint density at radius 3 is 2.88 bits per heavy atom. The lowest BCUT2D eigenvalue weighted by molar-refractivity contribution is 0.180. The minimum atomic E-state index is -0.697. The third-order valence-electron chi connectivity index (χ3n) is 2.40. The molecule has 1 atom stereocenters. The van der Waals surface area contributed by atoms with E-state index in [9.17, 15) is 9.50 Å². The van der Waals surface area contributed by atoms with Gasteiger partial charge in [0.1, 0.15) is 5.82 Å². The highest BCUT2D eigenvalue weighted by Gasteiger charge is 2.14. The second-order valence-corrected chi connectivity index (χ2v) is 5.92. The van der Waals surface area contributed by atoms with E-state index in [1.54, 1.807) is 18.3 Å². The van der Waals surface area contributed by atoms with Crippen LogP contribution in [0.5, 0.6) is 0 Å². The number of thiazole rings is 1. The molecule has 2 nitrogen and oxygen atoms in total. The van der Waals surface area contributed by atoms with E-state index in [0.717, 1.165) is 9.88 Å². The van der Waals surface area contributed by atoms with Crippen LogP contribution in [0.1, 0.15) is 21.6 Å². The number of hydrogen-bond acceptors (Lipinski definition) is 3. The van der Waals surface area contributed by atoms with Crippen LogP contribution in [0.4, 0.5) is 4.39 Å². The Kier molecular flexibility index (Phi) is 3.91. The van der Waals surface area contributed by atoms with Gasteiger partial charge < -0.3 is 5.11 Å². The molecule has 0 aliphatic carbocycles. The molecule has 1 aromatic carbocycles. The van der Waals surface area contributed by atoms with Crippen molar-refractivity contribution >= 4 is 27.3 Å². The predicted octanol–water partition coefficient (Wildman–Crippen LogP) is 3.63. The van der Waals surface area contributed by atoms with Crippen LogP contribution in [-0.2, 0) is 6.42 Å². The summed E-state index contributed by atoms with van der Waals surface area (Å²) in [7, 11) is 0. The van der Waals surface area contributed by atoms with Gasteiger partial charge in [0.25, 0.3) is 0 Å². The van der Waals surface area contributed by atoms with E-state index >= 15 is 0 Å². The van der Waals surface area contributed by atoms with Crippen LogP contribution < -0.4 is 0 Å². The summed E-state index contributed by atoms with van der Waals surface area (Å²) in [6.45, 7) is 1.88. The molecule has 1 heterocycles. The number of aryl methyl sites for hydroxylation is 1. The number of rotatable bonds is 3. The fraction of sp³-hybridized carbons (Fsp3) is 0.250. The molecule has 2 aromatic rings. The Balaban J connectivity index is 2.15. The minimum absolute atomic E-state index is 0.265. The summed E-state index contributed by atoms with van der Waals surface area (Å²) in [5.41, 5.74) is 0.506. The van der Waals surface area contributed by atoms with E-state index in [-0.39, 0.29) is 12.2 Å². The van der Waals surface area contributed by atoms with Gasteiger partial charge >= 0.3 is 0 Å². The molecule has 2 rings (SSSR count). The van der Waals surface area contributed by atoms with Crippen LogP contribution >= 0.6 is 27.3 Å². The van der Waals surface area contributed by atoms with Gasteiger partial charge in [0.05, 0.1) is 16.0 Å². The van der Waals surface area contributed by atoms with Crippen LogP contribution in [0.15, 0.2) is 28.9 Å². The van der Waals surface area contributed by atoms with E-state index in [1.165, 1.54) is 17.4 Å². The van der Waals surface area contributed by atoms with Gasteiger partial charge in [0.2, 0.25) is 0 Å². The molecule has 0 aliphatic heterocycles. The third kappa shape index (κ3) is 3.12. The van der Waals surface area contributed by atoms with Gasteiger partial charge in [-0.05, 0) is 24.6 Å². The van der Waals surface area contributed by atoms with E-state index in [4.69, 9.17) is 0 Å². The lowest BCUT2D eigenvalue weighted by Gasteiger charge is -2.09. The number of aliphatic hydroxyl groups excluding tert-OH is 1. The first-order valence-corrected chi connectivity index (χ1v) is 6.71. The number of aliphatic hydroxyl groups is 1. The Labute approximate surface area is 111 Å². The smallest absolute Gasteiger partial charge is 0.127 e. The number of benzene rings is 1. The summed E-state index contributed by atoms with van der Waals surface area (Å²) in [5, 5.41) is 10.9. The normalized spacial score (nSPS) is 12.7. The van der Waals surface area contributed by atoms with Crippen molar-refractivity contribution in [3.8, 4) is 0 Å². The topological polar surface area (TPSA) is 33.1 Å². The van der Waals surface area contributed by atoms with E-state index in [2.05, 4.69) is 20.9 Å². The Bertz CT molecular complexity index is 529. The zero-order chi connectivity index (χ0) is 12.4. The fourth-order valence-corrected chi connectivity index (χ4v) is 2.63. The molecule has 1 N–H and O–H groups in total. The first-order chi connectivity index (χ1) is 8.06. The highest BCUT2D eigenvalue weighted by molar-refractivity contribution is 9.10. The van der Waals surface area contributed by atoms with Gasteiger partial charge in [-0.25, -0.2) is 9.37 Å². The molecule has 90 valence electrons. The maximum atomic E-state index is 13.6. The van der Waals surface area contributed by atoms with Crippen LogP contribution in [0.3, 0.4) is 0 Å². The SMILES string of the molecule is Cc1ncc(C(O)Cc2ccc(Br)cc2F)s1. The highest BCUT2D eigenvalue weighted by atomic mass is 79.9. The fourth-order valence-electron chi connectivity index (χ4n) is 1.53. The largest absolute Gasteiger partial charge is 0.387 e. The zero-order valence-electron chi connectivity index (χ0n) is 9.15. The second kappa shape index (κ2) is 5.25. The molecule has 0 amide bonds. The average molecular weight is 316 g/mol. The molecule has 0 aliphatic rings. The lowest BCUT2D eigenvalue weighted by atomic mass is 10.1. The summed E-state index contributed by atoms with van der Waals surface area (Å²) in [6.07, 6.45) is 1.21. The minimum Gasteiger partial charge on any atom is -0.387 e. The maximum Gasteiger partial charge on any atom is 0.127 e. The lowest BCUT2D eigenvalue weighted by Crippen LogP contribution is -2.01. The van der Waals surface area contributed by atoms with Crippen LogP contribution in [0, 0.1) is 12.7 Å². The molecular formula is C12H11BrFNOS. The van der Waals surface area contributed by atoms with Gasteiger partial charge in [-0.3, -0.25) is 0 Å². The Morgan fingerprint density at radius 2 is 2.29 bits per heavy atom. The van der Waals surface area contributed by atoms with Gasteiger partial charge in [-0.1, -0.05) is 22.0 Å². The van der Waals surface area contributed by atoms with Crippen LogP contribution in [-0.4, -0.2) is 10.1 Å². The molecule has 0 bridgehead atoms. The third-order valence-corrected chi connectivity index (χ3v) is 3.90. The summed E-state index contributed by atoms with van der Waals surface area (Å²) in [4.78, 5) is 4.84. The van der Waals surface area contributed by atoms with E-state index in [1.807, 2.05) is 6.92 Å². The van der Waals surface area contributed by atoms with Crippen molar-refractivity contribution < 1.29 is 9.50 Å². The zero-order valence-corrected chi connectivity index (χ0v) is 11.6. The number of nitrogens with zero attached hydrogens (tertiary/aromatic N) is 1. The molecule has 0 saturated carbocycles. The predicted molar refractivity (Wildman–Crippen MR) is 69.6 cm³/mol. The van der Waals surface area contributed by atoms with Gasteiger partial charge in [0.15, 0.2) is 0 Å². The van der Waals surface area contributed by atoms with E-state index < -0.39 is 6.10 Å². The number of aromatic nitrogens is 1.